The summed E-state index contributed by atoms with van der Waals surface area (Å²) in [5.41, 5.74) is 0.351. The summed E-state index contributed by atoms with van der Waals surface area (Å²) in [4.78, 5) is 29.2. The Kier molecular flexibility index (Phi) is 6.14. The van der Waals surface area contributed by atoms with Gasteiger partial charge in [-0.05, 0) is 31.2 Å². The summed E-state index contributed by atoms with van der Waals surface area (Å²) >= 11 is 5.87. The highest BCUT2D eigenvalue weighted by Gasteiger charge is 2.18. The fourth-order valence-electron chi connectivity index (χ4n) is 2.75. The van der Waals surface area contributed by atoms with E-state index in [1.807, 2.05) is 6.07 Å². The van der Waals surface area contributed by atoms with Gasteiger partial charge in [0.15, 0.2) is 0 Å². The van der Waals surface area contributed by atoms with Gasteiger partial charge in [0.2, 0.25) is 5.95 Å². The number of nitrogens with zero attached hydrogens (tertiary/aromatic N) is 5. The third-order valence-corrected chi connectivity index (χ3v) is 4.33. The molecular weight excluding hydrogens is 340 g/mol. The Morgan fingerprint density at radius 3 is 2.60 bits per heavy atom. The van der Waals surface area contributed by atoms with Gasteiger partial charge in [0.25, 0.3) is 5.91 Å². The van der Waals surface area contributed by atoms with Gasteiger partial charge in [-0.15, -0.1) is 0 Å². The van der Waals surface area contributed by atoms with Crippen LogP contribution >= 0.6 is 11.6 Å². The number of piperazine rings is 1. The molecular formula is C17H21ClN6O. The van der Waals surface area contributed by atoms with Gasteiger partial charge in [0.1, 0.15) is 5.69 Å². The number of anilines is 1. The summed E-state index contributed by atoms with van der Waals surface area (Å²) in [6.07, 6.45) is 5.97. The maximum Gasteiger partial charge on any atom is 0.269 e. The van der Waals surface area contributed by atoms with Crippen molar-refractivity contribution in [2.45, 2.75) is 6.42 Å². The van der Waals surface area contributed by atoms with Crippen LogP contribution < -0.4 is 10.2 Å². The summed E-state index contributed by atoms with van der Waals surface area (Å²) in [6.45, 7) is 5.36. The maximum atomic E-state index is 12.0. The minimum absolute atomic E-state index is 0.187. The fourth-order valence-corrected chi connectivity index (χ4v) is 2.91. The summed E-state index contributed by atoms with van der Waals surface area (Å²) in [6, 6.07) is 5.05. The lowest BCUT2D eigenvalue weighted by molar-refractivity contribution is 0.0946. The maximum absolute atomic E-state index is 12.0. The highest BCUT2D eigenvalue weighted by atomic mass is 35.5. The third-order valence-electron chi connectivity index (χ3n) is 4.10. The molecule has 8 heteroatoms. The summed E-state index contributed by atoms with van der Waals surface area (Å²) < 4.78 is 0. The molecule has 1 aliphatic rings. The summed E-state index contributed by atoms with van der Waals surface area (Å²) in [5.74, 6) is 0.608. The van der Waals surface area contributed by atoms with E-state index in [-0.39, 0.29) is 5.91 Å². The van der Waals surface area contributed by atoms with Crippen LogP contribution in [0.3, 0.4) is 0 Å². The normalized spacial score (nSPS) is 15.2. The number of rotatable bonds is 6. The predicted molar refractivity (Wildman–Crippen MR) is 96.9 cm³/mol. The molecule has 0 saturated carbocycles. The third kappa shape index (κ3) is 5.11. The van der Waals surface area contributed by atoms with Crippen LogP contribution in [0.1, 0.15) is 16.9 Å². The molecule has 7 nitrogen and oxygen atoms in total. The molecule has 0 aromatic carbocycles. The van der Waals surface area contributed by atoms with Crippen molar-refractivity contribution in [3.8, 4) is 0 Å². The minimum Gasteiger partial charge on any atom is -0.351 e. The van der Waals surface area contributed by atoms with E-state index in [0.29, 0.717) is 17.3 Å². The second-order valence-electron chi connectivity index (χ2n) is 5.85. The van der Waals surface area contributed by atoms with Crippen LogP contribution in [-0.4, -0.2) is 65.0 Å². The lowest BCUT2D eigenvalue weighted by Gasteiger charge is -2.34. The molecule has 1 fully saturated rings. The number of pyridine rings is 1. The van der Waals surface area contributed by atoms with E-state index in [1.165, 1.54) is 6.20 Å². The SMILES string of the molecule is O=C(NCCCN1CCN(c2ncccn2)CC1)c1cc(Cl)ccn1. The molecule has 0 aliphatic carbocycles. The van der Waals surface area contributed by atoms with E-state index in [2.05, 4.69) is 30.1 Å². The van der Waals surface area contributed by atoms with E-state index >= 15 is 0 Å². The fraction of sp³-hybridized carbons (Fsp3) is 0.412. The Morgan fingerprint density at radius 2 is 1.88 bits per heavy atom. The predicted octanol–water partition coefficient (Wildman–Crippen LogP) is 1.47. The topological polar surface area (TPSA) is 74.2 Å². The van der Waals surface area contributed by atoms with Crippen LogP contribution in [-0.2, 0) is 0 Å². The van der Waals surface area contributed by atoms with Gasteiger partial charge in [0, 0.05) is 56.3 Å². The van der Waals surface area contributed by atoms with Gasteiger partial charge < -0.3 is 10.2 Å². The smallest absolute Gasteiger partial charge is 0.269 e. The Bertz CT molecular complexity index is 691. The Balaban J connectivity index is 1.34. The minimum atomic E-state index is -0.187. The molecule has 2 aromatic heterocycles. The number of hydrogen-bond donors (Lipinski definition) is 1. The molecule has 0 radical (unpaired) electrons. The number of nitrogens with one attached hydrogen (secondary N) is 1. The lowest BCUT2D eigenvalue weighted by Crippen LogP contribution is -2.47. The van der Waals surface area contributed by atoms with Gasteiger partial charge >= 0.3 is 0 Å². The van der Waals surface area contributed by atoms with Crippen molar-refractivity contribution < 1.29 is 4.79 Å². The first-order valence-corrected chi connectivity index (χ1v) is 8.74. The molecule has 0 atom stereocenters. The number of hydrogen-bond acceptors (Lipinski definition) is 6. The monoisotopic (exact) mass is 360 g/mol. The average Bonchev–Trinajstić information content (AvgIpc) is 2.66. The molecule has 0 spiro atoms. The zero-order valence-electron chi connectivity index (χ0n) is 13.9. The summed E-state index contributed by atoms with van der Waals surface area (Å²) in [7, 11) is 0. The summed E-state index contributed by atoms with van der Waals surface area (Å²) in [5, 5.41) is 3.40. The molecule has 25 heavy (non-hydrogen) atoms. The molecule has 3 heterocycles. The highest BCUT2D eigenvalue weighted by molar-refractivity contribution is 6.30. The van der Waals surface area contributed by atoms with Gasteiger partial charge in [-0.25, -0.2) is 9.97 Å². The van der Waals surface area contributed by atoms with Crippen LogP contribution in [0.4, 0.5) is 5.95 Å². The number of carbonyl (C=O) groups is 1. The number of carbonyl (C=O) groups excluding carboxylic acids is 1. The van der Waals surface area contributed by atoms with E-state index < -0.39 is 0 Å². The first kappa shape index (κ1) is 17.6. The molecule has 0 unspecified atom stereocenters. The van der Waals surface area contributed by atoms with Crippen molar-refractivity contribution in [2.75, 3.05) is 44.2 Å². The van der Waals surface area contributed by atoms with Gasteiger partial charge in [-0.1, -0.05) is 11.6 Å². The van der Waals surface area contributed by atoms with Crippen LogP contribution in [0.15, 0.2) is 36.8 Å². The van der Waals surface area contributed by atoms with Crippen molar-refractivity contribution in [1.82, 2.24) is 25.2 Å². The highest BCUT2D eigenvalue weighted by Crippen LogP contribution is 2.10. The second kappa shape index (κ2) is 8.73. The van der Waals surface area contributed by atoms with Crippen molar-refractivity contribution in [3.63, 3.8) is 0 Å². The second-order valence-corrected chi connectivity index (χ2v) is 6.28. The van der Waals surface area contributed by atoms with Crippen LogP contribution in [0.5, 0.6) is 0 Å². The molecule has 1 saturated heterocycles. The largest absolute Gasteiger partial charge is 0.351 e. The molecule has 2 aromatic rings. The van der Waals surface area contributed by atoms with Crippen molar-refractivity contribution >= 4 is 23.5 Å². The standard InChI is InChI=1S/C17H21ClN6O/c18-14-3-7-19-15(13-14)16(25)20-6-2-8-23-9-11-24(12-10-23)17-21-4-1-5-22-17/h1,3-5,7,13H,2,6,8-12H2,(H,20,25). The zero-order chi connectivity index (χ0) is 17.5. The van der Waals surface area contributed by atoms with Crippen molar-refractivity contribution in [1.29, 1.82) is 0 Å². The molecule has 3 rings (SSSR count). The molecule has 1 N–H and O–H groups in total. The van der Waals surface area contributed by atoms with Gasteiger partial charge in [0.05, 0.1) is 0 Å². The van der Waals surface area contributed by atoms with E-state index in [9.17, 15) is 4.79 Å². The number of halogens is 1. The van der Waals surface area contributed by atoms with E-state index in [1.54, 1.807) is 24.5 Å². The molecule has 0 bridgehead atoms. The first-order valence-electron chi connectivity index (χ1n) is 8.36. The Hall–Kier alpha value is -2.25. The van der Waals surface area contributed by atoms with Crippen LogP contribution in [0.2, 0.25) is 5.02 Å². The van der Waals surface area contributed by atoms with Crippen LogP contribution in [0.25, 0.3) is 0 Å². The lowest BCUT2D eigenvalue weighted by atomic mass is 10.3. The van der Waals surface area contributed by atoms with Gasteiger partial charge in [-0.2, -0.15) is 0 Å². The molecule has 132 valence electrons. The van der Waals surface area contributed by atoms with Crippen molar-refractivity contribution in [2.24, 2.45) is 0 Å². The van der Waals surface area contributed by atoms with Crippen molar-refractivity contribution in [3.05, 3.63) is 47.5 Å². The quantitative estimate of drug-likeness (QED) is 0.786. The van der Waals surface area contributed by atoms with E-state index in [4.69, 9.17) is 11.6 Å². The number of aromatic nitrogens is 3. The number of amides is 1. The van der Waals surface area contributed by atoms with Gasteiger partial charge in [-0.3, -0.25) is 14.7 Å². The van der Waals surface area contributed by atoms with Crippen LogP contribution in [0, 0.1) is 0 Å². The molecule has 1 amide bonds. The molecule has 1 aliphatic heterocycles. The van der Waals surface area contributed by atoms with E-state index in [0.717, 1.165) is 45.1 Å². The zero-order valence-corrected chi connectivity index (χ0v) is 14.7. The Morgan fingerprint density at radius 1 is 1.12 bits per heavy atom. The first-order chi connectivity index (χ1) is 12.2. The Labute approximate surface area is 152 Å². The average molecular weight is 361 g/mol.